The van der Waals surface area contributed by atoms with Gasteiger partial charge in [0.2, 0.25) is 0 Å². The predicted molar refractivity (Wildman–Crippen MR) is 57.7 cm³/mol. The monoisotopic (exact) mass is 215 g/mol. The highest BCUT2D eigenvalue weighted by atomic mass is 32.2. The number of aliphatic carboxylic acids is 1. The van der Waals surface area contributed by atoms with Crippen LogP contribution < -0.4 is 0 Å². The largest absolute Gasteiger partial charge is 0.480 e. The molecule has 1 heterocycles. The molecule has 80 valence electrons. The van der Waals surface area contributed by atoms with E-state index >= 15 is 0 Å². The molecule has 2 unspecified atom stereocenters. The van der Waals surface area contributed by atoms with E-state index in [4.69, 9.17) is 5.11 Å². The van der Waals surface area contributed by atoms with Crippen LogP contribution in [0.1, 0.15) is 25.7 Å². The van der Waals surface area contributed by atoms with Crippen LogP contribution in [0.5, 0.6) is 0 Å². The van der Waals surface area contributed by atoms with Crippen molar-refractivity contribution in [1.82, 2.24) is 4.90 Å². The van der Waals surface area contributed by atoms with Crippen molar-refractivity contribution in [3.63, 3.8) is 0 Å². The van der Waals surface area contributed by atoms with Gasteiger partial charge in [0.25, 0.3) is 0 Å². The first-order chi connectivity index (χ1) is 6.77. The van der Waals surface area contributed by atoms with Crippen LogP contribution in [0, 0.1) is 0 Å². The summed E-state index contributed by atoms with van der Waals surface area (Å²) in [4.78, 5) is 12.9. The summed E-state index contributed by atoms with van der Waals surface area (Å²) in [6.45, 7) is 1.19. The zero-order chi connectivity index (χ0) is 9.97. The average Bonchev–Trinajstić information content (AvgIpc) is 2.18. The molecule has 1 saturated heterocycles. The molecule has 0 aromatic heterocycles. The smallest absolute Gasteiger partial charge is 0.317 e. The fourth-order valence-electron chi connectivity index (χ4n) is 2.55. The van der Waals surface area contributed by atoms with Gasteiger partial charge in [-0.15, -0.1) is 0 Å². The minimum absolute atomic E-state index is 0.238. The summed E-state index contributed by atoms with van der Waals surface area (Å²) in [5.41, 5.74) is 0. The Morgan fingerprint density at radius 2 is 2.21 bits per heavy atom. The maximum atomic E-state index is 10.7. The van der Waals surface area contributed by atoms with Crippen molar-refractivity contribution in [2.24, 2.45) is 0 Å². The van der Waals surface area contributed by atoms with Gasteiger partial charge < -0.3 is 5.11 Å². The van der Waals surface area contributed by atoms with Crippen LogP contribution in [0.25, 0.3) is 0 Å². The standard InChI is InChI=1S/C10H17NO2S/c12-10(13)7-11-5-6-14-9-4-2-1-3-8(9)11/h8-9H,1-7H2,(H,12,13). The molecule has 1 saturated carbocycles. The van der Waals surface area contributed by atoms with Gasteiger partial charge in [0.05, 0.1) is 6.54 Å². The minimum atomic E-state index is -0.679. The Hall–Kier alpha value is -0.220. The lowest BCUT2D eigenvalue weighted by Gasteiger charge is -2.42. The molecule has 0 aromatic rings. The third-order valence-corrected chi connectivity index (χ3v) is 4.58. The average molecular weight is 215 g/mol. The molecule has 2 atom stereocenters. The highest BCUT2D eigenvalue weighted by molar-refractivity contribution is 8.00. The lowest BCUT2D eigenvalue weighted by Crippen LogP contribution is -2.50. The molecule has 1 aliphatic heterocycles. The molecule has 2 rings (SSSR count). The Morgan fingerprint density at radius 3 is 3.00 bits per heavy atom. The van der Waals surface area contributed by atoms with E-state index in [0.717, 1.165) is 12.3 Å². The van der Waals surface area contributed by atoms with Crippen molar-refractivity contribution in [2.75, 3.05) is 18.8 Å². The van der Waals surface area contributed by atoms with Crippen molar-refractivity contribution in [2.45, 2.75) is 37.0 Å². The molecule has 1 N–H and O–H groups in total. The maximum absolute atomic E-state index is 10.7. The highest BCUT2D eigenvalue weighted by Crippen LogP contribution is 2.35. The molecule has 0 radical (unpaired) electrons. The molecule has 0 spiro atoms. The van der Waals surface area contributed by atoms with Crippen LogP contribution in [-0.2, 0) is 4.79 Å². The van der Waals surface area contributed by atoms with Crippen LogP contribution in [0.4, 0.5) is 0 Å². The fourth-order valence-corrected chi connectivity index (χ4v) is 4.05. The van der Waals surface area contributed by atoms with E-state index in [1.807, 2.05) is 11.8 Å². The Balaban J connectivity index is 1.97. The fraction of sp³-hybridized carbons (Fsp3) is 0.900. The number of carboxylic acid groups (broad SMARTS) is 1. The first-order valence-electron chi connectivity index (χ1n) is 5.35. The zero-order valence-electron chi connectivity index (χ0n) is 8.32. The number of hydrogen-bond acceptors (Lipinski definition) is 3. The minimum Gasteiger partial charge on any atom is -0.480 e. The second-order valence-electron chi connectivity index (χ2n) is 4.13. The summed E-state index contributed by atoms with van der Waals surface area (Å²) >= 11 is 2.04. The summed E-state index contributed by atoms with van der Waals surface area (Å²) in [5.74, 6) is 0.426. The van der Waals surface area contributed by atoms with Gasteiger partial charge in [-0.3, -0.25) is 9.69 Å². The molecular formula is C10H17NO2S. The number of thioether (sulfide) groups is 1. The lowest BCUT2D eigenvalue weighted by atomic mass is 9.93. The molecule has 4 heteroatoms. The second-order valence-corrected chi connectivity index (χ2v) is 5.47. The van der Waals surface area contributed by atoms with Gasteiger partial charge in [0, 0.05) is 23.6 Å². The van der Waals surface area contributed by atoms with Gasteiger partial charge in [-0.25, -0.2) is 0 Å². The van der Waals surface area contributed by atoms with Crippen LogP contribution in [0.3, 0.4) is 0 Å². The van der Waals surface area contributed by atoms with Crippen molar-refractivity contribution < 1.29 is 9.90 Å². The van der Waals surface area contributed by atoms with E-state index in [-0.39, 0.29) is 6.54 Å². The van der Waals surface area contributed by atoms with E-state index < -0.39 is 5.97 Å². The summed E-state index contributed by atoms with van der Waals surface area (Å²) in [7, 11) is 0. The molecule has 2 aliphatic rings. The summed E-state index contributed by atoms with van der Waals surface area (Å²) in [6.07, 6.45) is 5.09. The quantitative estimate of drug-likeness (QED) is 0.756. The van der Waals surface area contributed by atoms with E-state index in [0.29, 0.717) is 11.3 Å². The topological polar surface area (TPSA) is 40.5 Å². The number of fused-ring (bicyclic) bond motifs is 1. The summed E-state index contributed by atoms with van der Waals surface area (Å²) in [6, 6.07) is 0.540. The van der Waals surface area contributed by atoms with E-state index in [1.165, 1.54) is 25.7 Å². The number of nitrogens with zero attached hydrogens (tertiary/aromatic N) is 1. The van der Waals surface area contributed by atoms with Crippen molar-refractivity contribution >= 4 is 17.7 Å². The maximum Gasteiger partial charge on any atom is 0.317 e. The lowest BCUT2D eigenvalue weighted by molar-refractivity contribution is -0.139. The predicted octanol–water partition coefficient (Wildman–Crippen LogP) is 1.43. The number of hydrogen-bond donors (Lipinski definition) is 1. The van der Waals surface area contributed by atoms with Gasteiger partial charge in [-0.2, -0.15) is 11.8 Å². The van der Waals surface area contributed by atoms with Crippen LogP contribution in [0.15, 0.2) is 0 Å². The molecule has 1 aliphatic carbocycles. The molecule has 2 fully saturated rings. The van der Waals surface area contributed by atoms with Gasteiger partial charge >= 0.3 is 5.97 Å². The number of carbonyl (C=O) groups is 1. The van der Waals surface area contributed by atoms with Crippen molar-refractivity contribution in [1.29, 1.82) is 0 Å². The molecular weight excluding hydrogens is 198 g/mol. The molecule has 3 nitrogen and oxygen atoms in total. The summed E-state index contributed by atoms with van der Waals surface area (Å²) < 4.78 is 0. The molecule has 0 amide bonds. The normalized spacial score (nSPS) is 33.7. The van der Waals surface area contributed by atoms with Crippen LogP contribution in [-0.4, -0.2) is 46.1 Å². The number of rotatable bonds is 2. The van der Waals surface area contributed by atoms with Crippen LogP contribution in [0.2, 0.25) is 0 Å². The first-order valence-corrected chi connectivity index (χ1v) is 6.39. The van der Waals surface area contributed by atoms with E-state index in [9.17, 15) is 4.79 Å². The summed E-state index contributed by atoms with van der Waals surface area (Å²) in [5, 5.41) is 9.51. The third-order valence-electron chi connectivity index (χ3n) is 3.19. The highest BCUT2D eigenvalue weighted by Gasteiger charge is 2.34. The van der Waals surface area contributed by atoms with Crippen LogP contribution >= 0.6 is 11.8 Å². The van der Waals surface area contributed by atoms with Gasteiger partial charge in [-0.1, -0.05) is 12.8 Å². The van der Waals surface area contributed by atoms with Gasteiger partial charge in [-0.05, 0) is 12.8 Å². The molecule has 0 aromatic carbocycles. The Labute approximate surface area is 88.9 Å². The van der Waals surface area contributed by atoms with E-state index in [2.05, 4.69) is 4.90 Å². The SMILES string of the molecule is O=C(O)CN1CCSC2CCCCC21. The molecule has 14 heavy (non-hydrogen) atoms. The Kier molecular flexibility index (Phi) is 3.34. The van der Waals surface area contributed by atoms with E-state index in [1.54, 1.807) is 0 Å². The van der Waals surface area contributed by atoms with Gasteiger partial charge in [0.15, 0.2) is 0 Å². The zero-order valence-corrected chi connectivity index (χ0v) is 9.13. The second kappa shape index (κ2) is 4.53. The number of carboxylic acids is 1. The Morgan fingerprint density at radius 1 is 1.43 bits per heavy atom. The first kappa shape index (κ1) is 10.3. The van der Waals surface area contributed by atoms with Crippen molar-refractivity contribution in [3.05, 3.63) is 0 Å². The third kappa shape index (κ3) is 2.23. The van der Waals surface area contributed by atoms with Gasteiger partial charge in [0.1, 0.15) is 0 Å². The Bertz CT molecular complexity index is 220. The molecule has 0 bridgehead atoms. The van der Waals surface area contributed by atoms with Crippen molar-refractivity contribution in [3.8, 4) is 0 Å².